The molecule has 0 bridgehead atoms. The van der Waals surface area contributed by atoms with Gasteiger partial charge in [0.05, 0.1) is 36.1 Å². The quantitative estimate of drug-likeness (QED) is 0.421. The van der Waals surface area contributed by atoms with Crippen LogP contribution < -0.4 is 25.9 Å². The van der Waals surface area contributed by atoms with Crippen molar-refractivity contribution in [2.45, 2.75) is 19.4 Å². The van der Waals surface area contributed by atoms with Crippen LogP contribution in [0, 0.1) is 0 Å². The van der Waals surface area contributed by atoms with E-state index in [1.165, 1.54) is 6.20 Å². The summed E-state index contributed by atoms with van der Waals surface area (Å²) in [5.41, 5.74) is 8.80. The van der Waals surface area contributed by atoms with Crippen LogP contribution in [0.4, 0.5) is 17.2 Å². The fourth-order valence-electron chi connectivity index (χ4n) is 3.78. The van der Waals surface area contributed by atoms with Crippen LogP contribution in [0.1, 0.15) is 23.8 Å². The number of benzene rings is 1. The van der Waals surface area contributed by atoms with Crippen molar-refractivity contribution in [3.8, 4) is 17.0 Å². The lowest BCUT2D eigenvalue weighted by atomic mass is 10.1. The average Bonchev–Trinajstić information content (AvgIpc) is 3.15. The number of nitrogens with two attached hydrogens (primary N) is 1. The first-order valence-electron chi connectivity index (χ1n) is 11.5. The first-order valence-corrected chi connectivity index (χ1v) is 11.5. The molecule has 0 aliphatic carbocycles. The van der Waals surface area contributed by atoms with Crippen LogP contribution in [0.15, 0.2) is 48.9 Å². The van der Waals surface area contributed by atoms with E-state index in [1.807, 2.05) is 37.3 Å². The van der Waals surface area contributed by atoms with Crippen molar-refractivity contribution in [1.82, 2.24) is 20.2 Å². The predicted molar refractivity (Wildman–Crippen MR) is 136 cm³/mol. The summed E-state index contributed by atoms with van der Waals surface area (Å²) in [6, 6.07) is 9.22. The Hall–Kier alpha value is -3.70. The molecule has 1 aromatic carbocycles. The molecule has 2 aromatic heterocycles. The molecule has 11 heteroatoms. The van der Waals surface area contributed by atoms with Gasteiger partial charge in [-0.2, -0.15) is 0 Å². The van der Waals surface area contributed by atoms with Crippen molar-refractivity contribution in [2.75, 3.05) is 48.8 Å². The summed E-state index contributed by atoms with van der Waals surface area (Å²) < 4.78 is 11.3. The Morgan fingerprint density at radius 3 is 2.86 bits per heavy atom. The predicted octanol–water partition coefficient (Wildman–Crippen LogP) is 2.04. The number of nitrogen functional groups attached to an aromatic ring is 1. The lowest BCUT2D eigenvalue weighted by molar-refractivity contribution is 0.102. The van der Waals surface area contributed by atoms with E-state index in [4.69, 9.17) is 23.2 Å². The molecule has 1 amide bonds. The monoisotopic (exact) mass is 473 g/mol. The second kappa shape index (κ2) is 11.6. The zero-order valence-electron chi connectivity index (χ0n) is 19.6. The number of hydrogen-bond donors (Lipinski definition) is 3. The topological polar surface area (TPSA) is 128 Å². The molecule has 4 N–H and O–H groups in total. The highest BCUT2D eigenvalue weighted by Gasteiger charge is 2.19. The summed E-state index contributed by atoms with van der Waals surface area (Å²) >= 11 is 0. The van der Waals surface area contributed by atoms with Crippen LogP contribution in [0.25, 0.3) is 11.3 Å². The number of rotatable bonds is 8. The molecule has 35 heavy (non-hydrogen) atoms. The molecule has 1 unspecified atom stereocenters. The summed E-state index contributed by atoms with van der Waals surface area (Å²) in [6.45, 7) is 5.34. The molecule has 180 valence electrons. The number of carbonyl (C=O) groups excluding carboxylic acids is 1. The fraction of sp³-hybridized carbons (Fsp3) is 0.333. The first-order chi connectivity index (χ1) is 17.0. The zero-order valence-corrected chi connectivity index (χ0v) is 19.6. The minimum absolute atomic E-state index is 0.0412. The summed E-state index contributed by atoms with van der Waals surface area (Å²) in [6.07, 6.45) is 5.67. The number of amides is 1. The van der Waals surface area contributed by atoms with E-state index in [9.17, 15) is 4.79 Å². The molecule has 3 heterocycles. The lowest BCUT2D eigenvalue weighted by Gasteiger charge is -2.24. The highest BCUT2D eigenvalue weighted by atomic mass is 16.5. The number of nitrogens with zero attached hydrogens (tertiary/aromatic N) is 4. The van der Waals surface area contributed by atoms with Crippen molar-refractivity contribution in [3.05, 3.63) is 54.6 Å². The maximum Gasteiger partial charge on any atom is 0.278 e. The Kier molecular flexibility index (Phi) is 8.12. The van der Waals surface area contributed by atoms with Crippen LogP contribution in [-0.4, -0.2) is 67.8 Å². The second-order valence-corrected chi connectivity index (χ2v) is 8.15. The van der Waals surface area contributed by atoms with Crippen molar-refractivity contribution >= 4 is 31.1 Å². The van der Waals surface area contributed by atoms with E-state index < -0.39 is 5.91 Å². The summed E-state index contributed by atoms with van der Waals surface area (Å²) in [5.74, 6) is 0.282. The van der Waals surface area contributed by atoms with Crippen molar-refractivity contribution < 1.29 is 14.3 Å². The van der Waals surface area contributed by atoms with Gasteiger partial charge in [0.25, 0.3) is 5.91 Å². The van der Waals surface area contributed by atoms with Crippen molar-refractivity contribution in [3.63, 3.8) is 0 Å². The first kappa shape index (κ1) is 24.4. The smallest absolute Gasteiger partial charge is 0.278 e. The molecular formula is C24H28BN7O3. The number of nitrogens with one attached hydrogen (secondary N) is 2. The zero-order chi connectivity index (χ0) is 24.6. The standard InChI is InChI=1S/C24H28BN7O3/c1-16(13-29-25)35-18-5-3-17(4-6-18)19-15-28-23(26)22(30-19)24(33)31-20-14-27-8-7-21(20)32-9-2-11-34-12-10-32/h3-8,14-16,29H,2,9-13H2,1H3,(H2,26,28)(H,31,33). The molecule has 4 rings (SSSR count). The molecule has 1 fully saturated rings. The highest BCUT2D eigenvalue weighted by Crippen LogP contribution is 2.27. The molecule has 1 atom stereocenters. The molecule has 0 saturated carbocycles. The Balaban J connectivity index is 1.52. The SMILES string of the molecule is [B]NCC(C)Oc1ccc(-c2cnc(N)c(C(=O)Nc3cnccc3N3CCCOCC3)n2)cc1. The molecular weight excluding hydrogens is 445 g/mol. The van der Waals surface area contributed by atoms with E-state index in [0.717, 1.165) is 37.4 Å². The normalized spacial score (nSPS) is 14.7. The number of hydrogen-bond acceptors (Lipinski definition) is 9. The minimum atomic E-state index is -0.458. The van der Waals surface area contributed by atoms with E-state index in [1.54, 1.807) is 12.4 Å². The molecule has 2 radical (unpaired) electrons. The Labute approximate surface area is 205 Å². The van der Waals surface area contributed by atoms with Gasteiger partial charge in [-0.1, -0.05) is 0 Å². The number of carbonyl (C=O) groups is 1. The maximum absolute atomic E-state index is 13.2. The number of anilines is 3. The van der Waals surface area contributed by atoms with Gasteiger partial charge in [0.2, 0.25) is 0 Å². The lowest BCUT2D eigenvalue weighted by Crippen LogP contribution is -2.27. The van der Waals surface area contributed by atoms with Gasteiger partial charge in [0, 0.05) is 38.0 Å². The summed E-state index contributed by atoms with van der Waals surface area (Å²) in [4.78, 5) is 28.2. The van der Waals surface area contributed by atoms with Gasteiger partial charge in [-0.15, -0.1) is 0 Å². The Bertz CT molecular complexity index is 1140. The van der Waals surface area contributed by atoms with Crippen LogP contribution in [0.5, 0.6) is 5.75 Å². The molecule has 3 aromatic rings. The van der Waals surface area contributed by atoms with Crippen molar-refractivity contribution in [1.29, 1.82) is 0 Å². The van der Waals surface area contributed by atoms with Crippen LogP contribution in [0.3, 0.4) is 0 Å². The molecule has 1 aliphatic rings. The average molecular weight is 473 g/mol. The third kappa shape index (κ3) is 6.25. The fourth-order valence-corrected chi connectivity index (χ4v) is 3.78. The van der Waals surface area contributed by atoms with Gasteiger partial charge in [-0.05, 0) is 43.7 Å². The van der Waals surface area contributed by atoms with Crippen LogP contribution in [0.2, 0.25) is 0 Å². The number of aromatic nitrogens is 3. The van der Waals surface area contributed by atoms with Gasteiger partial charge >= 0.3 is 0 Å². The van der Waals surface area contributed by atoms with Gasteiger partial charge in [0.15, 0.2) is 19.5 Å². The third-order valence-corrected chi connectivity index (χ3v) is 5.52. The van der Waals surface area contributed by atoms with Gasteiger partial charge in [-0.25, -0.2) is 9.97 Å². The summed E-state index contributed by atoms with van der Waals surface area (Å²) in [5, 5.41) is 5.49. The van der Waals surface area contributed by atoms with Crippen molar-refractivity contribution in [2.24, 2.45) is 0 Å². The number of pyridine rings is 1. The van der Waals surface area contributed by atoms with Crippen LogP contribution >= 0.6 is 0 Å². The van der Waals surface area contributed by atoms with Crippen LogP contribution in [-0.2, 0) is 4.74 Å². The molecule has 0 spiro atoms. The molecule has 1 aliphatic heterocycles. The number of ether oxygens (including phenoxy) is 2. The summed E-state index contributed by atoms with van der Waals surface area (Å²) in [7, 11) is 5.34. The van der Waals surface area contributed by atoms with E-state index >= 15 is 0 Å². The van der Waals surface area contributed by atoms with E-state index in [2.05, 4.69) is 30.4 Å². The Morgan fingerprint density at radius 2 is 2.06 bits per heavy atom. The van der Waals surface area contributed by atoms with E-state index in [0.29, 0.717) is 30.3 Å². The maximum atomic E-state index is 13.2. The van der Waals surface area contributed by atoms with Gasteiger partial charge < -0.3 is 30.7 Å². The third-order valence-electron chi connectivity index (χ3n) is 5.52. The largest absolute Gasteiger partial charge is 0.489 e. The molecule has 1 saturated heterocycles. The Morgan fingerprint density at radius 1 is 1.23 bits per heavy atom. The van der Waals surface area contributed by atoms with Gasteiger partial charge in [0.1, 0.15) is 11.9 Å². The second-order valence-electron chi connectivity index (χ2n) is 8.15. The minimum Gasteiger partial charge on any atom is -0.489 e. The van der Waals surface area contributed by atoms with Gasteiger partial charge in [-0.3, -0.25) is 9.78 Å². The highest BCUT2D eigenvalue weighted by molar-refractivity contribution is 6.07. The van der Waals surface area contributed by atoms with E-state index in [-0.39, 0.29) is 17.6 Å². The molecule has 10 nitrogen and oxygen atoms in total.